The normalized spacial score (nSPS) is 17.1. The fraction of sp³-hybridized carbons (Fsp3) is 1.00. The molecule has 0 aromatic rings. The van der Waals surface area contributed by atoms with Gasteiger partial charge in [-0.2, -0.15) is 0 Å². The molecule has 1 unspecified atom stereocenters. The summed E-state index contributed by atoms with van der Waals surface area (Å²) in [4.78, 5) is 0. The molecule has 0 heterocycles. The molecule has 0 radical (unpaired) electrons. The molecule has 13 heavy (non-hydrogen) atoms. The van der Waals surface area contributed by atoms with Crippen LogP contribution in [0.3, 0.4) is 0 Å². The van der Waals surface area contributed by atoms with Crippen molar-refractivity contribution in [3.63, 3.8) is 0 Å². The lowest BCUT2D eigenvalue weighted by Crippen LogP contribution is -2.39. The summed E-state index contributed by atoms with van der Waals surface area (Å²) in [5.41, 5.74) is 4.75. The number of nitrogens with two attached hydrogens (primary N) is 1. The Labute approximate surface area is 81.3 Å². The van der Waals surface area contributed by atoms with Crippen LogP contribution in [-0.4, -0.2) is 30.5 Å². The standard InChI is InChI=1S/C10H23NO2/c1-9(2,3)5-6-13-8-10(4,12)7-11/h12H,5-8,11H2,1-4H3. The van der Waals surface area contributed by atoms with Gasteiger partial charge in [0.1, 0.15) is 0 Å². The van der Waals surface area contributed by atoms with Gasteiger partial charge >= 0.3 is 0 Å². The molecular weight excluding hydrogens is 166 g/mol. The Balaban J connectivity index is 3.47. The maximum Gasteiger partial charge on any atom is 0.0973 e. The summed E-state index contributed by atoms with van der Waals surface area (Å²) in [5.74, 6) is 0. The van der Waals surface area contributed by atoms with E-state index < -0.39 is 5.60 Å². The van der Waals surface area contributed by atoms with Crippen LogP contribution in [0.25, 0.3) is 0 Å². The maximum atomic E-state index is 9.50. The molecule has 0 spiro atoms. The summed E-state index contributed by atoms with van der Waals surface area (Å²) in [6, 6.07) is 0. The molecule has 80 valence electrons. The van der Waals surface area contributed by atoms with E-state index in [2.05, 4.69) is 20.8 Å². The minimum atomic E-state index is -0.877. The third-order valence-electron chi connectivity index (χ3n) is 1.85. The van der Waals surface area contributed by atoms with Crippen LogP contribution in [0.4, 0.5) is 0 Å². The molecule has 0 bridgehead atoms. The third kappa shape index (κ3) is 8.22. The van der Waals surface area contributed by atoms with Crippen LogP contribution in [0.15, 0.2) is 0 Å². The Bertz CT molecular complexity index is 138. The fourth-order valence-corrected chi connectivity index (χ4v) is 0.729. The molecule has 3 heteroatoms. The molecule has 1 atom stereocenters. The molecule has 0 rings (SSSR count). The third-order valence-corrected chi connectivity index (χ3v) is 1.85. The van der Waals surface area contributed by atoms with Gasteiger partial charge in [-0.05, 0) is 18.8 Å². The average Bonchev–Trinajstić information content (AvgIpc) is 1.97. The highest BCUT2D eigenvalue weighted by Crippen LogP contribution is 2.18. The van der Waals surface area contributed by atoms with Gasteiger partial charge < -0.3 is 15.6 Å². The highest BCUT2D eigenvalue weighted by molar-refractivity contribution is 4.72. The van der Waals surface area contributed by atoms with Crippen molar-refractivity contribution in [3.8, 4) is 0 Å². The van der Waals surface area contributed by atoms with Crippen molar-refractivity contribution in [3.05, 3.63) is 0 Å². The molecule has 0 aliphatic rings. The Morgan fingerprint density at radius 3 is 2.15 bits per heavy atom. The van der Waals surface area contributed by atoms with Crippen molar-refractivity contribution >= 4 is 0 Å². The number of hydrogen-bond donors (Lipinski definition) is 2. The van der Waals surface area contributed by atoms with Gasteiger partial charge in [0.15, 0.2) is 0 Å². The van der Waals surface area contributed by atoms with Gasteiger partial charge in [-0.15, -0.1) is 0 Å². The van der Waals surface area contributed by atoms with E-state index in [1.807, 2.05) is 0 Å². The van der Waals surface area contributed by atoms with Crippen LogP contribution in [0.5, 0.6) is 0 Å². The van der Waals surface area contributed by atoms with Crippen LogP contribution in [0, 0.1) is 5.41 Å². The van der Waals surface area contributed by atoms with E-state index in [-0.39, 0.29) is 12.0 Å². The van der Waals surface area contributed by atoms with Crippen molar-refractivity contribution < 1.29 is 9.84 Å². The topological polar surface area (TPSA) is 55.5 Å². The number of rotatable bonds is 5. The first-order valence-electron chi connectivity index (χ1n) is 4.77. The van der Waals surface area contributed by atoms with Crippen LogP contribution < -0.4 is 5.73 Å². The van der Waals surface area contributed by atoms with E-state index in [0.29, 0.717) is 13.2 Å². The summed E-state index contributed by atoms with van der Waals surface area (Å²) in [7, 11) is 0. The predicted octanol–water partition coefficient (Wildman–Crippen LogP) is 1.15. The van der Waals surface area contributed by atoms with E-state index >= 15 is 0 Å². The molecule has 0 aromatic carbocycles. The molecule has 0 fully saturated rings. The minimum absolute atomic E-state index is 0.239. The second kappa shape index (κ2) is 4.94. The largest absolute Gasteiger partial charge is 0.386 e. The quantitative estimate of drug-likeness (QED) is 0.638. The van der Waals surface area contributed by atoms with Gasteiger partial charge in [-0.3, -0.25) is 0 Å². The molecule has 0 aromatic heterocycles. The van der Waals surface area contributed by atoms with E-state index in [0.717, 1.165) is 6.42 Å². The van der Waals surface area contributed by atoms with E-state index in [1.165, 1.54) is 0 Å². The molecule has 0 amide bonds. The first-order valence-corrected chi connectivity index (χ1v) is 4.77. The smallest absolute Gasteiger partial charge is 0.0973 e. The molecule has 0 aliphatic carbocycles. The van der Waals surface area contributed by atoms with Crippen molar-refractivity contribution in [1.29, 1.82) is 0 Å². The Morgan fingerprint density at radius 1 is 1.23 bits per heavy atom. The van der Waals surface area contributed by atoms with Crippen molar-refractivity contribution in [2.45, 2.75) is 39.7 Å². The molecule has 3 N–H and O–H groups in total. The molecule has 0 saturated carbocycles. The van der Waals surface area contributed by atoms with Crippen molar-refractivity contribution in [2.75, 3.05) is 19.8 Å². The first-order chi connectivity index (χ1) is 5.77. The van der Waals surface area contributed by atoms with Crippen molar-refractivity contribution in [2.24, 2.45) is 11.1 Å². The van der Waals surface area contributed by atoms with Crippen LogP contribution in [0.1, 0.15) is 34.1 Å². The lowest BCUT2D eigenvalue weighted by Gasteiger charge is -2.23. The fourth-order valence-electron chi connectivity index (χ4n) is 0.729. The molecule has 0 saturated heterocycles. The van der Waals surface area contributed by atoms with E-state index in [4.69, 9.17) is 10.5 Å². The van der Waals surface area contributed by atoms with Gasteiger partial charge in [-0.1, -0.05) is 20.8 Å². The van der Waals surface area contributed by atoms with Gasteiger partial charge in [-0.25, -0.2) is 0 Å². The first kappa shape index (κ1) is 12.9. The number of ether oxygens (including phenoxy) is 1. The second-order valence-electron chi connectivity index (χ2n) is 5.06. The molecule has 0 aliphatic heterocycles. The highest BCUT2D eigenvalue weighted by atomic mass is 16.5. The summed E-state index contributed by atoms with van der Waals surface area (Å²) >= 11 is 0. The number of aliphatic hydroxyl groups is 1. The van der Waals surface area contributed by atoms with Gasteiger partial charge in [0, 0.05) is 13.2 Å². The van der Waals surface area contributed by atoms with Crippen molar-refractivity contribution in [1.82, 2.24) is 0 Å². The van der Waals surface area contributed by atoms with Gasteiger partial charge in [0.05, 0.1) is 12.2 Å². The Kier molecular flexibility index (Phi) is 4.89. The SMILES string of the molecule is CC(C)(C)CCOCC(C)(O)CN. The summed E-state index contributed by atoms with van der Waals surface area (Å²) < 4.78 is 5.34. The van der Waals surface area contributed by atoms with Crippen LogP contribution >= 0.6 is 0 Å². The lowest BCUT2D eigenvalue weighted by molar-refractivity contribution is -0.0322. The molecule has 3 nitrogen and oxygen atoms in total. The summed E-state index contributed by atoms with van der Waals surface area (Å²) in [5, 5.41) is 9.50. The summed E-state index contributed by atoms with van der Waals surface area (Å²) in [6.45, 7) is 9.41. The lowest BCUT2D eigenvalue weighted by atomic mass is 9.93. The Hall–Kier alpha value is -0.120. The van der Waals surface area contributed by atoms with Crippen LogP contribution in [-0.2, 0) is 4.74 Å². The zero-order chi connectivity index (χ0) is 10.5. The monoisotopic (exact) mass is 189 g/mol. The minimum Gasteiger partial charge on any atom is -0.386 e. The van der Waals surface area contributed by atoms with Gasteiger partial charge in [0.2, 0.25) is 0 Å². The van der Waals surface area contributed by atoms with Crippen LogP contribution in [0.2, 0.25) is 0 Å². The average molecular weight is 189 g/mol. The van der Waals surface area contributed by atoms with Gasteiger partial charge in [0.25, 0.3) is 0 Å². The number of hydrogen-bond acceptors (Lipinski definition) is 3. The van der Waals surface area contributed by atoms with E-state index in [9.17, 15) is 5.11 Å². The highest BCUT2D eigenvalue weighted by Gasteiger charge is 2.18. The summed E-state index contributed by atoms with van der Waals surface area (Å²) in [6.07, 6.45) is 0.994. The second-order valence-corrected chi connectivity index (χ2v) is 5.06. The maximum absolute atomic E-state index is 9.50. The molecular formula is C10H23NO2. The Morgan fingerprint density at radius 2 is 1.77 bits per heavy atom. The van der Waals surface area contributed by atoms with E-state index in [1.54, 1.807) is 6.92 Å². The zero-order valence-electron chi connectivity index (χ0n) is 9.26. The zero-order valence-corrected chi connectivity index (χ0v) is 9.26. The predicted molar refractivity (Wildman–Crippen MR) is 54.6 cm³/mol.